The van der Waals surface area contributed by atoms with Crippen LogP contribution in [-0.4, -0.2) is 45.2 Å². The number of likely N-dealkylation sites (tertiary alicyclic amines) is 1. The van der Waals surface area contributed by atoms with Gasteiger partial charge < -0.3 is 5.32 Å². The standard InChI is InChI=1S/C20H28ClN5O/c1-14(26-16(3)23-15(2)24-26)12-22-20(27)17-8-10-25(11-9-17)13-18-6-4-5-7-19(18)21/h4-7,14,17H,8-13H2,1-3H3,(H,22,27)/t14-/m1/s1. The van der Waals surface area contributed by atoms with Crippen LogP contribution in [-0.2, 0) is 11.3 Å². The van der Waals surface area contributed by atoms with Gasteiger partial charge in [0.2, 0.25) is 5.91 Å². The van der Waals surface area contributed by atoms with Gasteiger partial charge >= 0.3 is 0 Å². The van der Waals surface area contributed by atoms with Gasteiger partial charge in [0.15, 0.2) is 0 Å². The zero-order valence-corrected chi connectivity index (χ0v) is 17.0. The SMILES string of the molecule is Cc1nc(C)n([C@H](C)CNC(=O)C2CCN(Cc3ccccc3Cl)CC2)n1. The molecule has 2 heterocycles. The van der Waals surface area contributed by atoms with Crippen LogP contribution in [0.2, 0.25) is 5.02 Å². The van der Waals surface area contributed by atoms with Crippen molar-refractivity contribution in [2.45, 2.75) is 46.2 Å². The first-order valence-corrected chi connectivity index (χ1v) is 9.95. The van der Waals surface area contributed by atoms with Crippen LogP contribution in [0, 0.1) is 19.8 Å². The fourth-order valence-electron chi connectivity index (χ4n) is 3.65. The van der Waals surface area contributed by atoms with Gasteiger partial charge in [-0.1, -0.05) is 29.8 Å². The van der Waals surface area contributed by atoms with E-state index in [0.717, 1.165) is 54.7 Å². The van der Waals surface area contributed by atoms with Crippen molar-refractivity contribution < 1.29 is 4.79 Å². The second-order valence-electron chi connectivity index (χ2n) is 7.39. The van der Waals surface area contributed by atoms with Crippen LogP contribution in [0.15, 0.2) is 24.3 Å². The van der Waals surface area contributed by atoms with E-state index < -0.39 is 0 Å². The second-order valence-corrected chi connectivity index (χ2v) is 7.79. The average molecular weight is 390 g/mol. The molecule has 0 bridgehead atoms. The molecule has 1 amide bonds. The van der Waals surface area contributed by atoms with Gasteiger partial charge in [0.1, 0.15) is 11.6 Å². The quantitative estimate of drug-likeness (QED) is 0.824. The molecule has 0 unspecified atom stereocenters. The maximum Gasteiger partial charge on any atom is 0.223 e. The Bertz CT molecular complexity index is 782. The fraction of sp³-hybridized carbons (Fsp3) is 0.550. The highest BCUT2D eigenvalue weighted by molar-refractivity contribution is 6.31. The van der Waals surface area contributed by atoms with Crippen molar-refractivity contribution in [1.82, 2.24) is 25.0 Å². The normalized spacial score (nSPS) is 17.0. The summed E-state index contributed by atoms with van der Waals surface area (Å²) in [5.74, 6) is 1.87. The minimum Gasteiger partial charge on any atom is -0.354 e. The zero-order chi connectivity index (χ0) is 19.4. The molecule has 27 heavy (non-hydrogen) atoms. The highest BCUT2D eigenvalue weighted by Gasteiger charge is 2.25. The molecule has 3 rings (SSSR count). The van der Waals surface area contributed by atoms with Gasteiger partial charge in [-0.25, -0.2) is 9.67 Å². The van der Waals surface area contributed by atoms with E-state index in [0.29, 0.717) is 6.54 Å². The van der Waals surface area contributed by atoms with E-state index in [2.05, 4.69) is 26.4 Å². The maximum atomic E-state index is 12.5. The van der Waals surface area contributed by atoms with E-state index in [9.17, 15) is 4.79 Å². The number of aryl methyl sites for hydroxylation is 2. The predicted octanol–water partition coefficient (Wildman–Crippen LogP) is 3.14. The molecule has 1 N–H and O–H groups in total. The third kappa shape index (κ3) is 5.08. The van der Waals surface area contributed by atoms with Gasteiger partial charge in [-0.3, -0.25) is 9.69 Å². The Morgan fingerprint density at radius 1 is 1.30 bits per heavy atom. The molecule has 146 valence electrons. The van der Waals surface area contributed by atoms with E-state index in [4.69, 9.17) is 11.6 Å². The highest BCUT2D eigenvalue weighted by atomic mass is 35.5. The Kier molecular flexibility index (Phi) is 6.50. The number of benzene rings is 1. The first-order chi connectivity index (χ1) is 12.9. The van der Waals surface area contributed by atoms with Crippen LogP contribution in [0.25, 0.3) is 0 Å². The van der Waals surface area contributed by atoms with E-state index >= 15 is 0 Å². The Morgan fingerprint density at radius 3 is 2.63 bits per heavy atom. The topological polar surface area (TPSA) is 63.1 Å². The van der Waals surface area contributed by atoms with Crippen molar-refractivity contribution in [2.24, 2.45) is 5.92 Å². The molecule has 1 aliphatic rings. The third-order valence-corrected chi connectivity index (χ3v) is 5.58. The van der Waals surface area contributed by atoms with Crippen LogP contribution in [0.4, 0.5) is 0 Å². The molecule has 1 aromatic carbocycles. The molecule has 1 saturated heterocycles. The Hall–Kier alpha value is -1.92. The summed E-state index contributed by atoms with van der Waals surface area (Å²) in [4.78, 5) is 19.2. The lowest BCUT2D eigenvalue weighted by Gasteiger charge is -2.31. The number of carbonyl (C=O) groups is 1. The third-order valence-electron chi connectivity index (χ3n) is 5.21. The predicted molar refractivity (Wildman–Crippen MR) is 107 cm³/mol. The number of amides is 1. The Morgan fingerprint density at radius 2 is 2.00 bits per heavy atom. The van der Waals surface area contributed by atoms with E-state index in [1.54, 1.807) is 0 Å². The number of rotatable bonds is 6. The number of nitrogens with one attached hydrogen (secondary N) is 1. The molecule has 0 aliphatic carbocycles. The lowest BCUT2D eigenvalue weighted by molar-refractivity contribution is -0.126. The molecular weight excluding hydrogens is 362 g/mol. The molecule has 1 aromatic heterocycles. The van der Waals surface area contributed by atoms with Crippen molar-refractivity contribution in [2.75, 3.05) is 19.6 Å². The molecule has 7 heteroatoms. The summed E-state index contributed by atoms with van der Waals surface area (Å²) in [7, 11) is 0. The van der Waals surface area contributed by atoms with Crippen molar-refractivity contribution in [3.05, 3.63) is 46.5 Å². The minimum atomic E-state index is 0.0817. The average Bonchev–Trinajstić information content (AvgIpc) is 3.00. The lowest BCUT2D eigenvalue weighted by Crippen LogP contribution is -2.41. The number of halogens is 1. The van der Waals surface area contributed by atoms with Crippen LogP contribution >= 0.6 is 11.6 Å². The van der Waals surface area contributed by atoms with Gasteiger partial charge in [0, 0.05) is 24.0 Å². The molecule has 0 radical (unpaired) electrons. The molecule has 2 aromatic rings. The van der Waals surface area contributed by atoms with Gasteiger partial charge in [0.25, 0.3) is 0 Å². The summed E-state index contributed by atoms with van der Waals surface area (Å²) in [5.41, 5.74) is 1.15. The molecule has 1 aliphatic heterocycles. The smallest absolute Gasteiger partial charge is 0.223 e. The first-order valence-electron chi connectivity index (χ1n) is 9.57. The molecular formula is C20H28ClN5O. The van der Waals surface area contributed by atoms with Gasteiger partial charge in [0.05, 0.1) is 6.04 Å². The Labute approximate surface area is 165 Å². The van der Waals surface area contributed by atoms with Crippen LogP contribution in [0.5, 0.6) is 0 Å². The maximum absolute atomic E-state index is 12.5. The van der Waals surface area contributed by atoms with E-state index in [-0.39, 0.29) is 17.9 Å². The van der Waals surface area contributed by atoms with Crippen LogP contribution in [0.1, 0.15) is 43.0 Å². The monoisotopic (exact) mass is 389 g/mol. The minimum absolute atomic E-state index is 0.0817. The summed E-state index contributed by atoms with van der Waals surface area (Å²) < 4.78 is 1.88. The highest BCUT2D eigenvalue weighted by Crippen LogP contribution is 2.22. The molecule has 0 saturated carbocycles. The number of hydrogen-bond acceptors (Lipinski definition) is 4. The number of nitrogens with zero attached hydrogens (tertiary/aromatic N) is 4. The van der Waals surface area contributed by atoms with Crippen molar-refractivity contribution in [1.29, 1.82) is 0 Å². The summed E-state index contributed by atoms with van der Waals surface area (Å²) in [5, 5.41) is 8.30. The molecule has 1 atom stereocenters. The second kappa shape index (κ2) is 8.85. The van der Waals surface area contributed by atoms with Crippen LogP contribution < -0.4 is 5.32 Å². The van der Waals surface area contributed by atoms with Crippen molar-refractivity contribution in [3.8, 4) is 0 Å². The van der Waals surface area contributed by atoms with Gasteiger partial charge in [-0.15, -0.1) is 0 Å². The summed E-state index contributed by atoms with van der Waals surface area (Å²) in [6, 6.07) is 8.05. The van der Waals surface area contributed by atoms with Crippen molar-refractivity contribution in [3.63, 3.8) is 0 Å². The molecule has 6 nitrogen and oxygen atoms in total. The summed E-state index contributed by atoms with van der Waals surface area (Å²) >= 11 is 6.25. The zero-order valence-electron chi connectivity index (χ0n) is 16.3. The number of hydrogen-bond donors (Lipinski definition) is 1. The molecule has 0 spiro atoms. The van der Waals surface area contributed by atoms with E-state index in [1.165, 1.54) is 0 Å². The van der Waals surface area contributed by atoms with Crippen molar-refractivity contribution >= 4 is 17.5 Å². The number of piperidine rings is 1. The van der Waals surface area contributed by atoms with Gasteiger partial charge in [-0.05, 0) is 58.3 Å². The molecule has 1 fully saturated rings. The number of carbonyl (C=O) groups excluding carboxylic acids is 1. The van der Waals surface area contributed by atoms with Crippen LogP contribution in [0.3, 0.4) is 0 Å². The summed E-state index contributed by atoms with van der Waals surface area (Å²) in [6.45, 7) is 9.12. The Balaban J connectivity index is 1.44. The fourth-order valence-corrected chi connectivity index (χ4v) is 3.85. The van der Waals surface area contributed by atoms with Gasteiger partial charge in [-0.2, -0.15) is 5.10 Å². The number of aromatic nitrogens is 3. The van der Waals surface area contributed by atoms with E-state index in [1.807, 2.05) is 43.7 Å². The summed E-state index contributed by atoms with van der Waals surface area (Å²) in [6.07, 6.45) is 1.76. The first kappa shape index (κ1) is 19.8. The largest absolute Gasteiger partial charge is 0.354 e. The lowest BCUT2D eigenvalue weighted by atomic mass is 9.95.